The minimum absolute atomic E-state index is 0.0304. The van der Waals surface area contributed by atoms with E-state index in [4.69, 9.17) is 13.9 Å². The molecule has 1 N–H and O–H groups in total. The summed E-state index contributed by atoms with van der Waals surface area (Å²) in [5, 5.41) is 3.63. The van der Waals surface area contributed by atoms with Gasteiger partial charge in [0.05, 0.1) is 25.0 Å². The Morgan fingerprint density at radius 1 is 1.14 bits per heavy atom. The van der Waals surface area contributed by atoms with Crippen LogP contribution in [0.1, 0.15) is 30.5 Å². The van der Waals surface area contributed by atoms with E-state index in [2.05, 4.69) is 5.32 Å². The SMILES string of the molecule is CCOc1ccccc1NC(=O)[C@@H](C)OC(=O)Cc1coc2c(C)c(C)ccc12. The number of hydrogen-bond acceptors (Lipinski definition) is 5. The maximum absolute atomic E-state index is 12.4. The first-order chi connectivity index (χ1) is 13.9. The smallest absolute Gasteiger partial charge is 0.311 e. The molecule has 0 fully saturated rings. The molecular weight excluding hydrogens is 370 g/mol. The molecule has 0 saturated heterocycles. The highest BCUT2D eigenvalue weighted by Crippen LogP contribution is 2.27. The molecule has 0 aliphatic carbocycles. The maximum Gasteiger partial charge on any atom is 0.311 e. The number of esters is 1. The number of nitrogens with one attached hydrogen (secondary N) is 1. The number of carbonyl (C=O) groups excluding carboxylic acids is 2. The van der Waals surface area contributed by atoms with Gasteiger partial charge in [0.1, 0.15) is 11.3 Å². The summed E-state index contributed by atoms with van der Waals surface area (Å²) in [6, 6.07) is 11.0. The van der Waals surface area contributed by atoms with Crippen LogP contribution >= 0.6 is 0 Å². The van der Waals surface area contributed by atoms with Crippen LogP contribution in [-0.2, 0) is 20.7 Å². The van der Waals surface area contributed by atoms with Crippen LogP contribution in [0.15, 0.2) is 47.1 Å². The lowest BCUT2D eigenvalue weighted by molar-refractivity contribution is -0.152. The predicted octanol–water partition coefficient (Wildman–Crippen LogP) is 4.56. The molecule has 1 heterocycles. The van der Waals surface area contributed by atoms with E-state index < -0.39 is 18.0 Å². The second-order valence-electron chi connectivity index (χ2n) is 6.87. The van der Waals surface area contributed by atoms with Gasteiger partial charge >= 0.3 is 5.97 Å². The number of hydrogen-bond donors (Lipinski definition) is 1. The fraction of sp³-hybridized carbons (Fsp3) is 0.304. The number of ether oxygens (including phenoxy) is 2. The predicted molar refractivity (Wildman–Crippen MR) is 111 cm³/mol. The van der Waals surface area contributed by atoms with E-state index in [1.54, 1.807) is 24.5 Å². The Morgan fingerprint density at radius 3 is 2.66 bits per heavy atom. The van der Waals surface area contributed by atoms with Crippen molar-refractivity contribution in [3.8, 4) is 5.75 Å². The molecule has 0 unspecified atom stereocenters. The van der Waals surface area contributed by atoms with Gasteiger partial charge in [-0.25, -0.2) is 0 Å². The van der Waals surface area contributed by atoms with Gasteiger partial charge in [0, 0.05) is 10.9 Å². The van der Waals surface area contributed by atoms with Gasteiger partial charge in [-0.3, -0.25) is 9.59 Å². The summed E-state index contributed by atoms with van der Waals surface area (Å²) in [7, 11) is 0. The summed E-state index contributed by atoms with van der Waals surface area (Å²) in [4.78, 5) is 24.8. The zero-order chi connectivity index (χ0) is 21.0. The Morgan fingerprint density at radius 2 is 1.90 bits per heavy atom. The van der Waals surface area contributed by atoms with E-state index in [1.165, 1.54) is 6.92 Å². The van der Waals surface area contributed by atoms with Crippen molar-refractivity contribution in [1.29, 1.82) is 0 Å². The molecule has 3 aromatic rings. The molecule has 2 aromatic carbocycles. The zero-order valence-corrected chi connectivity index (χ0v) is 17.1. The van der Waals surface area contributed by atoms with E-state index in [0.717, 1.165) is 27.7 Å². The maximum atomic E-state index is 12.4. The zero-order valence-electron chi connectivity index (χ0n) is 17.1. The van der Waals surface area contributed by atoms with Gasteiger partial charge in [-0.05, 0) is 51.0 Å². The highest BCUT2D eigenvalue weighted by atomic mass is 16.5. The summed E-state index contributed by atoms with van der Waals surface area (Å²) < 4.78 is 16.4. The van der Waals surface area contributed by atoms with E-state index in [-0.39, 0.29) is 6.42 Å². The van der Waals surface area contributed by atoms with Crippen molar-refractivity contribution >= 4 is 28.5 Å². The molecule has 0 saturated carbocycles. The number of furan rings is 1. The summed E-state index contributed by atoms with van der Waals surface area (Å²) in [5.41, 5.74) is 4.21. The van der Waals surface area contributed by atoms with Crippen LogP contribution in [0, 0.1) is 13.8 Å². The van der Waals surface area contributed by atoms with Gasteiger partial charge in [-0.15, -0.1) is 0 Å². The van der Waals surface area contributed by atoms with E-state index in [9.17, 15) is 9.59 Å². The van der Waals surface area contributed by atoms with E-state index in [0.29, 0.717) is 18.0 Å². The Balaban J connectivity index is 1.64. The lowest BCUT2D eigenvalue weighted by Gasteiger charge is -2.15. The second kappa shape index (κ2) is 8.82. The average Bonchev–Trinajstić information content (AvgIpc) is 3.09. The van der Waals surface area contributed by atoms with Crippen molar-refractivity contribution in [3.05, 3.63) is 59.4 Å². The van der Waals surface area contributed by atoms with Crippen LogP contribution in [-0.4, -0.2) is 24.6 Å². The normalized spacial score (nSPS) is 11.9. The molecular formula is C23H25NO5. The van der Waals surface area contributed by atoms with Crippen LogP contribution in [0.3, 0.4) is 0 Å². The van der Waals surface area contributed by atoms with Crippen molar-refractivity contribution in [2.24, 2.45) is 0 Å². The Hall–Kier alpha value is -3.28. The summed E-state index contributed by atoms with van der Waals surface area (Å²) in [6.45, 7) is 7.88. The third kappa shape index (κ3) is 4.59. The van der Waals surface area contributed by atoms with Crippen LogP contribution in [0.5, 0.6) is 5.75 Å². The third-order valence-electron chi connectivity index (χ3n) is 4.80. The highest BCUT2D eigenvalue weighted by Gasteiger charge is 2.21. The van der Waals surface area contributed by atoms with Crippen molar-refractivity contribution in [3.63, 3.8) is 0 Å². The fourth-order valence-electron chi connectivity index (χ4n) is 3.06. The summed E-state index contributed by atoms with van der Waals surface area (Å²) in [5.74, 6) is -0.349. The van der Waals surface area contributed by atoms with Crippen LogP contribution < -0.4 is 10.1 Å². The van der Waals surface area contributed by atoms with E-state index >= 15 is 0 Å². The van der Waals surface area contributed by atoms with E-state index in [1.807, 2.05) is 39.0 Å². The minimum atomic E-state index is -0.945. The largest absolute Gasteiger partial charge is 0.492 e. The first-order valence-electron chi connectivity index (χ1n) is 9.59. The average molecular weight is 395 g/mol. The Labute approximate surface area is 169 Å². The number of para-hydroxylation sites is 2. The van der Waals surface area contributed by atoms with Crippen LogP contribution in [0.4, 0.5) is 5.69 Å². The molecule has 0 aliphatic rings. The number of carbonyl (C=O) groups is 2. The quantitative estimate of drug-likeness (QED) is 0.593. The monoisotopic (exact) mass is 395 g/mol. The first kappa shape index (κ1) is 20.5. The number of fused-ring (bicyclic) bond motifs is 1. The van der Waals surface area contributed by atoms with Gasteiger partial charge in [-0.2, -0.15) is 0 Å². The molecule has 1 amide bonds. The van der Waals surface area contributed by atoms with Crippen molar-refractivity contribution in [2.75, 3.05) is 11.9 Å². The Kier molecular flexibility index (Phi) is 6.22. The fourth-order valence-corrected chi connectivity index (χ4v) is 3.06. The first-order valence-corrected chi connectivity index (χ1v) is 9.59. The molecule has 1 atom stereocenters. The number of rotatable bonds is 7. The number of benzene rings is 2. The molecule has 0 radical (unpaired) electrons. The highest BCUT2D eigenvalue weighted by molar-refractivity contribution is 5.96. The molecule has 29 heavy (non-hydrogen) atoms. The standard InChI is InChI=1S/C23H25NO5/c1-5-27-20-9-7-6-8-19(20)24-23(26)16(4)29-21(25)12-17-13-28-22-15(3)14(2)10-11-18(17)22/h6-11,13,16H,5,12H2,1-4H3,(H,24,26)/t16-/m1/s1. The molecule has 3 rings (SSSR count). The van der Waals surface area contributed by atoms with Gasteiger partial charge < -0.3 is 19.2 Å². The molecule has 0 bridgehead atoms. The second-order valence-corrected chi connectivity index (χ2v) is 6.87. The number of aryl methyl sites for hydroxylation is 2. The molecule has 1 aromatic heterocycles. The molecule has 6 nitrogen and oxygen atoms in total. The number of amides is 1. The van der Waals surface area contributed by atoms with Gasteiger partial charge in [0.15, 0.2) is 6.10 Å². The minimum Gasteiger partial charge on any atom is -0.492 e. The van der Waals surface area contributed by atoms with Crippen LogP contribution in [0.2, 0.25) is 0 Å². The Bertz CT molecular complexity index is 1040. The topological polar surface area (TPSA) is 77.8 Å². The number of anilines is 1. The molecule has 0 spiro atoms. The van der Waals surface area contributed by atoms with Crippen molar-refractivity contribution < 1.29 is 23.5 Å². The lowest BCUT2D eigenvalue weighted by Crippen LogP contribution is -2.30. The lowest BCUT2D eigenvalue weighted by atomic mass is 10.0. The van der Waals surface area contributed by atoms with Crippen molar-refractivity contribution in [2.45, 2.75) is 40.2 Å². The summed E-state index contributed by atoms with van der Waals surface area (Å²) >= 11 is 0. The van der Waals surface area contributed by atoms with Gasteiger partial charge in [0.25, 0.3) is 5.91 Å². The van der Waals surface area contributed by atoms with Gasteiger partial charge in [0.2, 0.25) is 0 Å². The third-order valence-corrected chi connectivity index (χ3v) is 4.80. The summed E-state index contributed by atoms with van der Waals surface area (Å²) in [6.07, 6.45) is 0.656. The van der Waals surface area contributed by atoms with Gasteiger partial charge in [-0.1, -0.05) is 24.3 Å². The molecule has 6 heteroatoms. The molecule has 0 aliphatic heterocycles. The van der Waals surface area contributed by atoms with Crippen LogP contribution in [0.25, 0.3) is 11.0 Å². The van der Waals surface area contributed by atoms with Crippen molar-refractivity contribution in [1.82, 2.24) is 0 Å². The molecule has 152 valence electrons.